The zero-order valence-corrected chi connectivity index (χ0v) is 56.3. The molecule has 1 aliphatic heterocycles. The first-order valence-electron chi connectivity index (χ1n) is 31.1. The van der Waals surface area contributed by atoms with Crippen LogP contribution in [0.2, 0.25) is 0 Å². The third kappa shape index (κ3) is 28.8. The maximum atomic E-state index is 15.4. The molecule has 2 aromatic rings. The minimum absolute atomic E-state index is 0.0298. The molecule has 2 aromatic carbocycles. The Labute approximate surface area is 568 Å². The normalized spacial score (nSPS) is 23.1. The molecule has 22 N–H and O–H groups in total. The molecule has 33 nitrogen and oxygen atoms in total. The number of nitrogens with two attached hydrogens (primary N) is 3. The van der Waals surface area contributed by atoms with Gasteiger partial charge in [0.2, 0.25) is 59.1 Å². The van der Waals surface area contributed by atoms with Crippen molar-refractivity contribution in [2.45, 2.75) is 179 Å². The fourth-order valence-corrected chi connectivity index (χ4v) is 9.46. The summed E-state index contributed by atoms with van der Waals surface area (Å²) in [4.78, 5) is 169. The number of cyclic esters (lactones) is 1. The number of primary amides is 1. The summed E-state index contributed by atoms with van der Waals surface area (Å²) in [7, 11) is 0. The highest BCUT2D eigenvalue weighted by atomic mass is 32.1. The summed E-state index contributed by atoms with van der Waals surface area (Å²) in [5.74, 6) is -18.7. The smallest absolute Gasteiger partial charge is 0.475 e. The second-order valence-electron chi connectivity index (χ2n) is 24.1. The number of carboxylic acids is 1. The lowest BCUT2D eigenvalue weighted by Gasteiger charge is -2.34. The molecule has 10 amide bonds. The third-order valence-electron chi connectivity index (χ3n) is 14.6. The maximum Gasteiger partial charge on any atom is 0.490 e. The molecule has 1 fully saturated rings. The van der Waals surface area contributed by atoms with Crippen LogP contribution in [0.25, 0.3) is 0 Å². The Morgan fingerprint density at radius 3 is 1.71 bits per heavy atom. The molecule has 37 heteroatoms. The molecule has 98 heavy (non-hydrogen) atoms. The number of amides is 10. The molecule has 0 saturated carbocycles. The number of hydrogen-bond acceptors (Lipinski definition) is 19. The average Bonchev–Trinajstić information content (AvgIpc) is 0.823. The van der Waals surface area contributed by atoms with E-state index in [4.69, 9.17) is 44.1 Å². The van der Waals surface area contributed by atoms with Gasteiger partial charge < -0.3 is 106 Å². The number of anilines is 1. The number of para-hydroxylation sites is 1. The van der Waals surface area contributed by atoms with Crippen molar-refractivity contribution in [3.05, 3.63) is 66.2 Å². The molecule has 0 aliphatic carbocycles. The van der Waals surface area contributed by atoms with Gasteiger partial charge >= 0.3 is 18.1 Å². The Hall–Kier alpha value is -9.33. The van der Waals surface area contributed by atoms with Gasteiger partial charge in [-0.05, 0) is 86.2 Å². The van der Waals surface area contributed by atoms with Crippen molar-refractivity contribution < 1.29 is 101 Å². The summed E-state index contributed by atoms with van der Waals surface area (Å²) in [5, 5.41) is 78.8. The number of benzene rings is 2. The molecule has 0 spiro atoms. The molecule has 1 aliphatic rings. The van der Waals surface area contributed by atoms with Crippen molar-refractivity contribution in [2.24, 2.45) is 45.9 Å². The average molecular weight is 1410 g/mol. The number of guanidine groups is 1. The monoisotopic (exact) mass is 1410 g/mol. The topological polar surface area (TPSA) is 538 Å². The summed E-state index contributed by atoms with van der Waals surface area (Å²) in [6.45, 7) is 12.0. The fourth-order valence-electron chi connectivity index (χ4n) is 9.20. The zero-order valence-electron chi connectivity index (χ0n) is 55.5. The van der Waals surface area contributed by atoms with Crippen LogP contribution in [0.5, 0.6) is 0 Å². The van der Waals surface area contributed by atoms with Gasteiger partial charge in [-0.3, -0.25) is 52.9 Å². The predicted molar refractivity (Wildman–Crippen MR) is 350 cm³/mol. The number of rotatable bonds is 21. The Morgan fingerprint density at radius 2 is 1.20 bits per heavy atom. The van der Waals surface area contributed by atoms with E-state index in [0.29, 0.717) is 5.69 Å². The zero-order chi connectivity index (χ0) is 74.5. The molecule has 0 unspecified atom stereocenters. The third-order valence-corrected chi connectivity index (χ3v) is 14.9. The Balaban J connectivity index is 0.00000441. The van der Waals surface area contributed by atoms with Gasteiger partial charge in [0, 0.05) is 12.2 Å². The summed E-state index contributed by atoms with van der Waals surface area (Å²) >= 11 is 5.60. The summed E-state index contributed by atoms with van der Waals surface area (Å²) in [6.07, 6.45) is -13.1. The number of aliphatic hydroxyl groups excluding tert-OH is 4. The minimum atomic E-state index is -5.08. The van der Waals surface area contributed by atoms with Crippen LogP contribution < -0.4 is 75.7 Å². The van der Waals surface area contributed by atoms with Gasteiger partial charge in [0.05, 0.1) is 25.4 Å². The highest BCUT2D eigenvalue weighted by Crippen LogP contribution is 2.25. The molecule has 3 rings (SSSR count). The lowest BCUT2D eigenvalue weighted by molar-refractivity contribution is -0.192. The fraction of sp³-hybridized carbons (Fsp3) is 0.574. The second kappa shape index (κ2) is 41.0. The van der Waals surface area contributed by atoms with Crippen LogP contribution >= 0.6 is 12.2 Å². The van der Waals surface area contributed by atoms with Crippen LogP contribution in [0.4, 0.5) is 18.9 Å². The van der Waals surface area contributed by atoms with Gasteiger partial charge in [0.1, 0.15) is 48.3 Å². The summed E-state index contributed by atoms with van der Waals surface area (Å²) < 4.78 is 37.7. The van der Waals surface area contributed by atoms with E-state index in [1.54, 1.807) is 77.9 Å². The van der Waals surface area contributed by atoms with Crippen LogP contribution in [-0.2, 0) is 62.3 Å². The highest BCUT2D eigenvalue weighted by Gasteiger charge is 2.44. The molecule has 0 aromatic heterocycles. The number of alkyl halides is 3. The van der Waals surface area contributed by atoms with E-state index in [1.807, 2.05) is 5.32 Å². The lowest BCUT2D eigenvalue weighted by Crippen LogP contribution is -2.64. The molecule has 14 atom stereocenters. The Bertz CT molecular complexity index is 3080. The first-order valence-corrected chi connectivity index (χ1v) is 31.5. The van der Waals surface area contributed by atoms with Crippen LogP contribution in [0.3, 0.4) is 0 Å². The molecule has 546 valence electrons. The van der Waals surface area contributed by atoms with Crippen LogP contribution in [0, 0.1) is 23.7 Å². The standard InChI is InChI=1S/C59H91N15O16S.C2HF3O2/c1-10-31(8)40-53(85)72-41(32(9)76)52(84)64-26-39(77)70-43(46(79)48(60)80)55(87)68-38(27-75)57(89)90-47(33-18-13-11-14-19-33)44(74-51(83)37(25-29(4)5)69-59(91)65-34-20-15-12-16-21-34)56(88)73-42(45(78)30(6)7)54(86)67-36(24-28(2)3)50(82)66-35(49(81)71-40)22-17-23-63-58(61)62;3-2(4,5)1(6)7/h11-16,18-21,28-32,35-38,40-47,75-76,78-79H,10,17,22-27H2,1-9H3,(H2,60,80)(H,64,84)(H,66,82)(H,67,86)(H,68,87)(H,70,77)(H,71,81)(H,72,85)(H,73,88)(H,74,83)(H4,61,62,63)(H2,65,69,91);(H,6,7)/t31-,32-,35+,36-,37-,38-,40-,41-,42-,43-,44-,45+,46-,47+;/m0./s1. The van der Waals surface area contributed by atoms with E-state index in [1.165, 1.54) is 38.1 Å². The largest absolute Gasteiger partial charge is 0.490 e. The van der Waals surface area contributed by atoms with Crippen LogP contribution in [0.1, 0.15) is 106 Å². The van der Waals surface area contributed by atoms with Crippen molar-refractivity contribution in [2.75, 3.05) is 25.0 Å². The van der Waals surface area contributed by atoms with Gasteiger partial charge in [-0.25, -0.2) is 9.59 Å². The van der Waals surface area contributed by atoms with Crippen LogP contribution in [-0.4, -0.2) is 206 Å². The molecular weight excluding hydrogens is 1320 g/mol. The van der Waals surface area contributed by atoms with E-state index in [2.05, 4.69) is 58.2 Å². The first kappa shape index (κ1) is 84.8. The second-order valence-corrected chi connectivity index (χ2v) is 24.5. The quantitative estimate of drug-likeness (QED) is 0.0191. The number of esters is 1. The van der Waals surface area contributed by atoms with Crippen molar-refractivity contribution in [3.63, 3.8) is 0 Å². The van der Waals surface area contributed by atoms with Crippen molar-refractivity contribution in [3.8, 4) is 0 Å². The van der Waals surface area contributed by atoms with E-state index in [-0.39, 0.29) is 67.1 Å². The number of hydrogen-bond donors (Lipinski definition) is 19. The van der Waals surface area contributed by atoms with E-state index in [9.17, 15) is 81.5 Å². The number of aliphatic carboxylic acids is 1. The van der Waals surface area contributed by atoms with E-state index < -0.39 is 181 Å². The maximum absolute atomic E-state index is 15.4. The number of thiocarbonyl (C=S) groups is 1. The number of carboxylic acid groups (broad SMARTS) is 1. The Kier molecular flexibility index (Phi) is 35.5. The van der Waals surface area contributed by atoms with E-state index in [0.717, 1.165) is 6.92 Å². The minimum Gasteiger partial charge on any atom is -0.475 e. The molecule has 1 heterocycles. The molecule has 0 radical (unpaired) electrons. The molecule has 1 saturated heterocycles. The summed E-state index contributed by atoms with van der Waals surface area (Å²) in [5.41, 5.74) is 17.0. The molecule has 0 bridgehead atoms. The number of ether oxygens (including phenoxy) is 1. The van der Waals surface area contributed by atoms with Gasteiger partial charge in [0.25, 0.3) is 0 Å². The number of aliphatic hydroxyl groups is 4. The number of carbonyl (C=O) groups is 12. The first-order chi connectivity index (χ1) is 45.7. The van der Waals surface area contributed by atoms with E-state index >= 15 is 4.79 Å². The van der Waals surface area contributed by atoms with Gasteiger partial charge in [-0.15, -0.1) is 0 Å². The van der Waals surface area contributed by atoms with Crippen molar-refractivity contribution in [1.29, 1.82) is 0 Å². The number of nitrogens with zero attached hydrogens (tertiary/aromatic N) is 1. The summed E-state index contributed by atoms with van der Waals surface area (Å²) in [6, 6.07) is -0.480. The number of carbonyl (C=O) groups excluding carboxylic acids is 11. The van der Waals surface area contributed by atoms with Crippen molar-refractivity contribution in [1.82, 2.24) is 53.2 Å². The van der Waals surface area contributed by atoms with Crippen molar-refractivity contribution >= 4 is 100.0 Å². The number of aliphatic imine (C=N–C) groups is 1. The van der Waals surface area contributed by atoms with Gasteiger partial charge in [-0.2, -0.15) is 13.2 Å². The Morgan fingerprint density at radius 1 is 0.684 bits per heavy atom. The predicted octanol–water partition coefficient (Wildman–Crippen LogP) is -3.30. The number of nitrogens with one attached hydrogen (secondary N) is 11. The number of halogens is 3. The lowest BCUT2D eigenvalue weighted by atomic mass is 9.95. The van der Waals surface area contributed by atoms with Crippen LogP contribution in [0.15, 0.2) is 65.7 Å². The van der Waals surface area contributed by atoms with Gasteiger partial charge in [-0.1, -0.05) is 110 Å². The SMILES string of the molecule is CC[C@H](C)[C@@H]1NC(=O)[C@@H](CCCN=C(N)N)NC(=O)[C@H](CC(C)C)NC(=O)[C@H]([C@H](O)C(C)C)NC(=O)[C@@H](NC(=O)[C@H](CC(C)C)NC(=S)Nc2ccccc2)[C@@H](c2ccccc2)OC(=O)[C@H](CO)NC(=O)[C@H]([C@H](O)C(N)=O)NC(=O)CNC(=O)[C@H]([C@H](C)O)NC1=O.O=C(O)C(F)(F)F. The van der Waals surface area contributed by atoms with Gasteiger partial charge in [0.15, 0.2) is 29.3 Å². The highest BCUT2D eigenvalue weighted by molar-refractivity contribution is 7.80. The molecular formula is C61H92F3N15O18S.